The molecular weight excluding hydrogens is 324 g/mol. The van der Waals surface area contributed by atoms with Crippen LogP contribution in [0, 0.1) is 0 Å². The van der Waals surface area contributed by atoms with Crippen LogP contribution in [0.15, 0.2) is 35.1 Å². The molecule has 1 aromatic heterocycles. The second kappa shape index (κ2) is 5.91. The topological polar surface area (TPSA) is 82.5 Å². The maximum absolute atomic E-state index is 13.0. The van der Waals surface area contributed by atoms with Crippen molar-refractivity contribution in [3.63, 3.8) is 0 Å². The number of alkyl halides is 2. The van der Waals surface area contributed by atoms with Gasteiger partial charge in [-0.05, 0) is 24.6 Å². The number of carbonyl (C=O) groups is 1. The lowest BCUT2D eigenvalue weighted by Crippen LogP contribution is -2.26. The first-order valence-corrected chi connectivity index (χ1v) is 7.17. The lowest BCUT2D eigenvalue weighted by molar-refractivity contribution is -0.286. The van der Waals surface area contributed by atoms with Gasteiger partial charge in [-0.1, -0.05) is 6.92 Å². The third kappa shape index (κ3) is 3.19. The first-order chi connectivity index (χ1) is 11.4. The van der Waals surface area contributed by atoms with Gasteiger partial charge in [-0.15, -0.1) is 8.78 Å². The van der Waals surface area contributed by atoms with E-state index in [0.29, 0.717) is 13.0 Å². The number of anilines is 1. The zero-order valence-electron chi connectivity index (χ0n) is 12.6. The summed E-state index contributed by atoms with van der Waals surface area (Å²) in [6, 6.07) is 6.42. The Balaban J connectivity index is 1.79. The van der Waals surface area contributed by atoms with Crippen molar-refractivity contribution in [3.8, 4) is 11.5 Å². The van der Waals surface area contributed by atoms with Crippen molar-refractivity contribution < 1.29 is 23.0 Å². The Kier molecular flexibility index (Phi) is 3.92. The Labute approximate surface area is 134 Å². The molecule has 1 aliphatic heterocycles. The van der Waals surface area contributed by atoms with Crippen LogP contribution in [0.4, 0.5) is 14.5 Å². The summed E-state index contributed by atoms with van der Waals surface area (Å²) < 4.78 is 35.7. The highest BCUT2D eigenvalue weighted by molar-refractivity contribution is 6.02. The van der Waals surface area contributed by atoms with Crippen molar-refractivity contribution in [1.82, 2.24) is 9.78 Å². The molecule has 0 bridgehead atoms. The lowest BCUT2D eigenvalue weighted by Gasteiger charge is -2.07. The first-order valence-electron chi connectivity index (χ1n) is 7.17. The summed E-state index contributed by atoms with van der Waals surface area (Å²) in [5.74, 6) is -0.875. The molecule has 0 aliphatic carbocycles. The van der Waals surface area contributed by atoms with E-state index in [1.54, 1.807) is 0 Å². The molecule has 2 aromatic rings. The van der Waals surface area contributed by atoms with Gasteiger partial charge in [0, 0.05) is 24.4 Å². The van der Waals surface area contributed by atoms with E-state index in [2.05, 4.69) is 19.9 Å². The van der Waals surface area contributed by atoms with Crippen LogP contribution in [-0.2, 0) is 6.54 Å². The maximum atomic E-state index is 13.0. The first kappa shape index (κ1) is 15.9. The zero-order chi connectivity index (χ0) is 17.3. The standard InChI is InChI=1S/C15H13F2N3O4/c1-2-7-20-13(21)6-4-10(19-20)14(22)18-9-3-5-11-12(8-9)24-15(16,17)23-11/h3-6,8H,2,7H2,1H3,(H,18,22). The van der Waals surface area contributed by atoms with Gasteiger partial charge in [0.1, 0.15) is 5.69 Å². The third-order valence-electron chi connectivity index (χ3n) is 3.19. The lowest BCUT2D eigenvalue weighted by atomic mass is 10.2. The van der Waals surface area contributed by atoms with Crippen molar-refractivity contribution >= 4 is 11.6 Å². The highest BCUT2D eigenvalue weighted by atomic mass is 19.3. The molecule has 0 spiro atoms. The number of rotatable bonds is 4. The summed E-state index contributed by atoms with van der Waals surface area (Å²) >= 11 is 0. The number of halogens is 2. The molecule has 126 valence electrons. The number of nitrogens with one attached hydrogen (secondary N) is 1. The maximum Gasteiger partial charge on any atom is 0.586 e. The molecule has 24 heavy (non-hydrogen) atoms. The second-order valence-electron chi connectivity index (χ2n) is 5.06. The molecule has 1 N–H and O–H groups in total. The fourth-order valence-electron chi connectivity index (χ4n) is 2.16. The van der Waals surface area contributed by atoms with Crippen LogP contribution >= 0.6 is 0 Å². The molecule has 0 fully saturated rings. The van der Waals surface area contributed by atoms with E-state index in [9.17, 15) is 18.4 Å². The minimum atomic E-state index is -3.72. The van der Waals surface area contributed by atoms with Crippen LogP contribution in [0.1, 0.15) is 23.8 Å². The Morgan fingerprint density at radius 3 is 2.75 bits per heavy atom. The van der Waals surface area contributed by atoms with E-state index in [1.807, 2.05) is 6.92 Å². The van der Waals surface area contributed by atoms with E-state index < -0.39 is 12.2 Å². The van der Waals surface area contributed by atoms with Gasteiger partial charge >= 0.3 is 6.29 Å². The SMILES string of the molecule is CCCn1nc(C(=O)Nc2ccc3c(c2)OC(F)(F)O3)ccc1=O. The summed E-state index contributed by atoms with van der Waals surface area (Å²) in [5.41, 5.74) is -0.0418. The molecule has 9 heteroatoms. The molecule has 0 saturated carbocycles. The van der Waals surface area contributed by atoms with Crippen molar-refractivity contribution in [2.24, 2.45) is 0 Å². The van der Waals surface area contributed by atoms with Crippen molar-refractivity contribution in [1.29, 1.82) is 0 Å². The number of nitrogens with zero attached hydrogens (tertiary/aromatic N) is 2. The predicted octanol–water partition coefficient (Wildman–Crippen LogP) is 2.23. The summed E-state index contributed by atoms with van der Waals surface area (Å²) in [4.78, 5) is 23.8. The van der Waals surface area contributed by atoms with Gasteiger partial charge < -0.3 is 14.8 Å². The Bertz CT molecular complexity index is 851. The number of aromatic nitrogens is 2. The molecule has 0 saturated heterocycles. The van der Waals surface area contributed by atoms with Crippen LogP contribution in [0.25, 0.3) is 0 Å². The fraction of sp³-hybridized carbons (Fsp3) is 0.267. The second-order valence-corrected chi connectivity index (χ2v) is 5.06. The van der Waals surface area contributed by atoms with E-state index in [1.165, 1.54) is 35.0 Å². The van der Waals surface area contributed by atoms with Crippen LogP contribution in [0.3, 0.4) is 0 Å². The summed E-state index contributed by atoms with van der Waals surface area (Å²) in [6.45, 7) is 2.27. The van der Waals surface area contributed by atoms with E-state index in [4.69, 9.17) is 0 Å². The Hall–Kier alpha value is -2.97. The number of amides is 1. The summed E-state index contributed by atoms with van der Waals surface area (Å²) in [5, 5.41) is 6.48. The summed E-state index contributed by atoms with van der Waals surface area (Å²) in [7, 11) is 0. The monoisotopic (exact) mass is 337 g/mol. The van der Waals surface area contributed by atoms with Crippen molar-refractivity contribution in [2.45, 2.75) is 26.2 Å². The quantitative estimate of drug-likeness (QED) is 0.925. The van der Waals surface area contributed by atoms with Gasteiger partial charge in [0.25, 0.3) is 11.5 Å². The minimum absolute atomic E-state index is 0.0334. The van der Waals surface area contributed by atoms with Crippen molar-refractivity contribution in [3.05, 3.63) is 46.4 Å². The fourth-order valence-corrected chi connectivity index (χ4v) is 2.16. The van der Waals surface area contributed by atoms with E-state index in [-0.39, 0.29) is 28.4 Å². The number of fused-ring (bicyclic) bond motifs is 1. The predicted molar refractivity (Wildman–Crippen MR) is 79.4 cm³/mol. The molecule has 0 unspecified atom stereocenters. The number of hydrogen-bond acceptors (Lipinski definition) is 5. The molecule has 1 amide bonds. The van der Waals surface area contributed by atoms with Gasteiger partial charge in [-0.25, -0.2) is 4.68 Å². The van der Waals surface area contributed by atoms with Crippen LogP contribution in [-0.4, -0.2) is 22.0 Å². The third-order valence-corrected chi connectivity index (χ3v) is 3.19. The number of ether oxygens (including phenoxy) is 2. The molecule has 0 atom stereocenters. The number of benzene rings is 1. The average Bonchev–Trinajstić information content (AvgIpc) is 2.82. The normalized spacial score (nSPS) is 14.5. The molecule has 3 rings (SSSR count). The minimum Gasteiger partial charge on any atom is -0.395 e. The Morgan fingerprint density at radius 2 is 2.00 bits per heavy atom. The van der Waals surface area contributed by atoms with Crippen LogP contribution < -0.4 is 20.3 Å². The smallest absolute Gasteiger partial charge is 0.395 e. The molecule has 2 heterocycles. The molecular formula is C15H13F2N3O4. The van der Waals surface area contributed by atoms with Gasteiger partial charge in [0.2, 0.25) is 0 Å². The zero-order valence-corrected chi connectivity index (χ0v) is 12.6. The molecule has 0 radical (unpaired) electrons. The number of hydrogen-bond donors (Lipinski definition) is 1. The van der Waals surface area contributed by atoms with Crippen LogP contribution in [0.2, 0.25) is 0 Å². The number of carbonyl (C=O) groups excluding carboxylic acids is 1. The Morgan fingerprint density at radius 1 is 1.25 bits per heavy atom. The highest BCUT2D eigenvalue weighted by Gasteiger charge is 2.43. The average molecular weight is 337 g/mol. The molecule has 7 nitrogen and oxygen atoms in total. The van der Waals surface area contributed by atoms with Gasteiger partial charge in [-0.2, -0.15) is 5.10 Å². The number of aryl methyl sites for hydroxylation is 1. The molecule has 1 aromatic carbocycles. The van der Waals surface area contributed by atoms with E-state index >= 15 is 0 Å². The van der Waals surface area contributed by atoms with Gasteiger partial charge in [-0.3, -0.25) is 9.59 Å². The van der Waals surface area contributed by atoms with Gasteiger partial charge in [0.05, 0.1) is 0 Å². The highest BCUT2D eigenvalue weighted by Crippen LogP contribution is 2.42. The largest absolute Gasteiger partial charge is 0.586 e. The molecule has 1 aliphatic rings. The summed E-state index contributed by atoms with van der Waals surface area (Å²) in [6.07, 6.45) is -3.03. The van der Waals surface area contributed by atoms with Crippen molar-refractivity contribution in [2.75, 3.05) is 5.32 Å². The van der Waals surface area contributed by atoms with E-state index in [0.717, 1.165) is 0 Å². The van der Waals surface area contributed by atoms with Gasteiger partial charge in [0.15, 0.2) is 11.5 Å². The van der Waals surface area contributed by atoms with Crippen LogP contribution in [0.5, 0.6) is 11.5 Å².